The number of nitrogens with one attached hydrogen (secondary N) is 1. The molecule has 0 radical (unpaired) electrons. The van der Waals surface area contributed by atoms with Gasteiger partial charge in [-0.1, -0.05) is 42.0 Å². The summed E-state index contributed by atoms with van der Waals surface area (Å²) in [5, 5.41) is 17.7. The van der Waals surface area contributed by atoms with Gasteiger partial charge < -0.3 is 14.5 Å². The first-order valence-electron chi connectivity index (χ1n) is 10.5. The second-order valence-electron chi connectivity index (χ2n) is 7.82. The number of rotatable bonds is 5. The van der Waals surface area contributed by atoms with Gasteiger partial charge in [0.1, 0.15) is 33.6 Å². The van der Waals surface area contributed by atoms with Crippen LogP contribution in [0.4, 0.5) is 5.69 Å². The van der Waals surface area contributed by atoms with Crippen LogP contribution in [0, 0.1) is 25.2 Å². The van der Waals surface area contributed by atoms with Crippen LogP contribution >= 0.6 is 11.3 Å². The van der Waals surface area contributed by atoms with E-state index in [1.807, 2.05) is 41.8 Å². The number of hydrogen-bond acceptors (Lipinski definition) is 6. The number of hydrogen-bond donors (Lipinski definition) is 1. The topological polar surface area (TPSA) is 71.1 Å². The Morgan fingerprint density at radius 3 is 2.73 bits per heavy atom. The maximum Gasteiger partial charge on any atom is 0.143 e. The van der Waals surface area contributed by atoms with Crippen molar-refractivity contribution in [2.24, 2.45) is 0 Å². The molecule has 0 aliphatic heterocycles. The number of anilines is 1. The van der Waals surface area contributed by atoms with Gasteiger partial charge in [-0.25, -0.2) is 4.98 Å². The molecule has 0 aliphatic rings. The summed E-state index contributed by atoms with van der Waals surface area (Å²) in [7, 11) is 1.63. The third kappa shape index (κ3) is 3.84. The Kier molecular flexibility index (Phi) is 5.33. The summed E-state index contributed by atoms with van der Waals surface area (Å²) < 4.78 is 11.6. The molecule has 5 rings (SSSR count). The predicted molar refractivity (Wildman–Crippen MR) is 135 cm³/mol. The largest absolute Gasteiger partial charge is 0.495 e. The van der Waals surface area contributed by atoms with Crippen molar-refractivity contribution in [3.63, 3.8) is 0 Å². The highest BCUT2D eigenvalue weighted by Crippen LogP contribution is 2.37. The number of aromatic nitrogens is 1. The van der Waals surface area contributed by atoms with Gasteiger partial charge in [0, 0.05) is 34.0 Å². The van der Waals surface area contributed by atoms with E-state index in [1.165, 1.54) is 16.9 Å². The number of furan rings is 1. The van der Waals surface area contributed by atoms with Crippen LogP contribution < -0.4 is 10.1 Å². The molecule has 33 heavy (non-hydrogen) atoms. The lowest BCUT2D eigenvalue weighted by Crippen LogP contribution is -1.95. The molecule has 0 saturated heterocycles. The molecule has 162 valence electrons. The molecule has 6 heteroatoms. The second kappa shape index (κ2) is 8.45. The highest BCUT2D eigenvalue weighted by atomic mass is 32.1. The standard InChI is InChI=1S/C27H21N3O2S/c1-16-8-9-19(17(2)10-16)23-15-33-27(30-23)18(13-28)14-29-22-12-25-21(11-26(22)31-3)20-6-4-5-7-24(20)32-25/h4-12,14-15,29H,1-3H3/b18-14+. The molecule has 0 aliphatic carbocycles. The minimum absolute atomic E-state index is 0.447. The van der Waals surface area contributed by atoms with Crippen LogP contribution in [0.2, 0.25) is 0 Å². The number of thiazole rings is 1. The van der Waals surface area contributed by atoms with Crippen molar-refractivity contribution in [1.82, 2.24) is 4.98 Å². The summed E-state index contributed by atoms with van der Waals surface area (Å²) in [6.45, 7) is 4.15. The van der Waals surface area contributed by atoms with Crippen LogP contribution in [0.1, 0.15) is 16.1 Å². The molecule has 1 N–H and O–H groups in total. The summed E-state index contributed by atoms with van der Waals surface area (Å²) in [6, 6.07) is 20.3. The van der Waals surface area contributed by atoms with Crippen LogP contribution in [-0.4, -0.2) is 12.1 Å². The maximum absolute atomic E-state index is 9.78. The van der Waals surface area contributed by atoms with Crippen molar-refractivity contribution in [2.45, 2.75) is 13.8 Å². The molecular formula is C27H21N3O2S. The van der Waals surface area contributed by atoms with Gasteiger partial charge in [0.15, 0.2) is 0 Å². The normalized spacial score (nSPS) is 11.6. The van der Waals surface area contributed by atoms with E-state index in [4.69, 9.17) is 14.1 Å². The Bertz CT molecular complexity index is 1570. The van der Waals surface area contributed by atoms with Gasteiger partial charge in [0.25, 0.3) is 0 Å². The Hall–Kier alpha value is -4.08. The van der Waals surface area contributed by atoms with Crippen molar-refractivity contribution in [3.8, 4) is 23.1 Å². The molecule has 0 spiro atoms. The van der Waals surface area contributed by atoms with Crippen molar-refractivity contribution in [1.29, 1.82) is 5.26 Å². The number of nitriles is 1. The van der Waals surface area contributed by atoms with E-state index in [0.29, 0.717) is 22.0 Å². The van der Waals surface area contributed by atoms with Crippen molar-refractivity contribution in [2.75, 3.05) is 12.4 Å². The van der Waals surface area contributed by atoms with E-state index in [9.17, 15) is 5.26 Å². The maximum atomic E-state index is 9.78. The van der Waals surface area contributed by atoms with Crippen LogP contribution in [0.3, 0.4) is 0 Å². The molecule has 0 saturated carbocycles. The summed E-state index contributed by atoms with van der Waals surface area (Å²) >= 11 is 1.45. The summed E-state index contributed by atoms with van der Waals surface area (Å²) in [4.78, 5) is 4.71. The van der Waals surface area contributed by atoms with Crippen LogP contribution in [-0.2, 0) is 0 Å². The molecule has 5 nitrogen and oxygen atoms in total. The summed E-state index contributed by atoms with van der Waals surface area (Å²) in [5.74, 6) is 0.665. The number of aryl methyl sites for hydroxylation is 2. The molecule has 0 unspecified atom stereocenters. The lowest BCUT2D eigenvalue weighted by Gasteiger charge is -2.08. The monoisotopic (exact) mass is 451 g/mol. The number of methoxy groups -OCH3 is 1. The summed E-state index contributed by atoms with van der Waals surface area (Å²) in [5.41, 5.74) is 7.05. The van der Waals surface area contributed by atoms with Crippen molar-refractivity contribution in [3.05, 3.63) is 82.3 Å². The molecule has 0 amide bonds. The number of allylic oxidation sites excluding steroid dienone is 1. The quantitative estimate of drug-likeness (QED) is 0.284. The third-order valence-corrected chi connectivity index (χ3v) is 6.46. The number of fused-ring (bicyclic) bond motifs is 3. The minimum atomic E-state index is 0.447. The van der Waals surface area contributed by atoms with Crippen LogP contribution in [0.15, 0.2) is 70.6 Å². The average molecular weight is 452 g/mol. The van der Waals surface area contributed by atoms with Gasteiger partial charge in [-0.3, -0.25) is 0 Å². The van der Waals surface area contributed by atoms with Gasteiger partial charge in [0.05, 0.1) is 18.5 Å². The van der Waals surface area contributed by atoms with E-state index in [-0.39, 0.29) is 0 Å². The number of ether oxygens (including phenoxy) is 1. The second-order valence-corrected chi connectivity index (χ2v) is 8.68. The van der Waals surface area contributed by atoms with Crippen molar-refractivity contribution < 1.29 is 9.15 Å². The highest BCUT2D eigenvalue weighted by Gasteiger charge is 2.14. The summed E-state index contributed by atoms with van der Waals surface area (Å²) in [6.07, 6.45) is 1.66. The molecule has 5 aromatic rings. The molecular weight excluding hydrogens is 430 g/mol. The fourth-order valence-electron chi connectivity index (χ4n) is 3.95. The first-order chi connectivity index (χ1) is 16.1. The Morgan fingerprint density at radius 2 is 1.94 bits per heavy atom. The number of para-hydroxylation sites is 1. The highest BCUT2D eigenvalue weighted by molar-refractivity contribution is 7.11. The zero-order valence-electron chi connectivity index (χ0n) is 18.5. The fraction of sp³-hybridized carbons (Fsp3) is 0.111. The molecule has 2 heterocycles. The van der Waals surface area contributed by atoms with Gasteiger partial charge >= 0.3 is 0 Å². The third-order valence-electron chi connectivity index (χ3n) is 5.58. The smallest absolute Gasteiger partial charge is 0.143 e. The molecule has 3 aromatic carbocycles. The zero-order chi connectivity index (χ0) is 22.9. The Labute approximate surface area is 195 Å². The van der Waals surface area contributed by atoms with E-state index < -0.39 is 0 Å². The van der Waals surface area contributed by atoms with Crippen LogP contribution in [0.5, 0.6) is 5.75 Å². The molecule has 0 fully saturated rings. The first-order valence-corrected chi connectivity index (χ1v) is 11.3. The van der Waals surface area contributed by atoms with E-state index in [1.54, 1.807) is 13.3 Å². The lowest BCUT2D eigenvalue weighted by molar-refractivity contribution is 0.417. The zero-order valence-corrected chi connectivity index (χ0v) is 19.3. The lowest BCUT2D eigenvalue weighted by atomic mass is 10.0. The average Bonchev–Trinajstić information content (AvgIpc) is 3.43. The Morgan fingerprint density at radius 1 is 1.09 bits per heavy atom. The van der Waals surface area contributed by atoms with E-state index in [0.717, 1.165) is 38.8 Å². The van der Waals surface area contributed by atoms with Crippen LogP contribution in [0.25, 0.3) is 38.8 Å². The number of benzene rings is 3. The minimum Gasteiger partial charge on any atom is -0.495 e. The van der Waals surface area contributed by atoms with Gasteiger partial charge in [0.2, 0.25) is 0 Å². The number of nitrogens with zero attached hydrogens (tertiary/aromatic N) is 2. The first kappa shape index (κ1) is 20.8. The predicted octanol–water partition coefficient (Wildman–Crippen LogP) is 7.31. The molecule has 2 aromatic heterocycles. The van der Waals surface area contributed by atoms with E-state index >= 15 is 0 Å². The van der Waals surface area contributed by atoms with Crippen molar-refractivity contribution >= 4 is 44.5 Å². The Balaban J connectivity index is 1.48. The van der Waals surface area contributed by atoms with Gasteiger partial charge in [-0.15, -0.1) is 11.3 Å². The fourth-order valence-corrected chi connectivity index (χ4v) is 4.73. The van der Waals surface area contributed by atoms with Gasteiger partial charge in [-0.2, -0.15) is 5.26 Å². The SMILES string of the molecule is COc1cc2c(cc1N/C=C(\C#N)c1nc(-c3ccc(C)cc3C)cs1)oc1ccccc12. The molecule has 0 bridgehead atoms. The molecule has 0 atom stereocenters. The van der Waals surface area contributed by atoms with E-state index in [2.05, 4.69) is 43.4 Å². The van der Waals surface area contributed by atoms with Gasteiger partial charge in [-0.05, 0) is 31.5 Å².